The van der Waals surface area contributed by atoms with Crippen LogP contribution in [0, 0.1) is 0 Å². The van der Waals surface area contributed by atoms with Crippen LogP contribution in [0.3, 0.4) is 0 Å². The summed E-state index contributed by atoms with van der Waals surface area (Å²) >= 11 is 0. The number of carbonyl (C=O) groups excluding carboxylic acids is 2. The first-order chi connectivity index (χ1) is 10.4. The van der Waals surface area contributed by atoms with E-state index in [0.717, 1.165) is 12.1 Å². The molecule has 0 saturated heterocycles. The van der Waals surface area contributed by atoms with Crippen molar-refractivity contribution < 1.29 is 24.9 Å². The van der Waals surface area contributed by atoms with Crippen molar-refractivity contribution in [1.82, 2.24) is 0 Å². The minimum atomic E-state index is -0.661. The molecule has 0 saturated carbocycles. The lowest BCUT2D eigenvalue weighted by Crippen LogP contribution is -2.19. The third-order valence-corrected chi connectivity index (χ3v) is 2.88. The number of nitrogens with one attached hydrogen (secondary N) is 2. The lowest BCUT2D eigenvalue weighted by atomic mass is 10.1. The van der Waals surface area contributed by atoms with Crippen LogP contribution in [-0.4, -0.2) is 27.1 Å². The van der Waals surface area contributed by atoms with E-state index in [0.29, 0.717) is 11.3 Å². The van der Waals surface area contributed by atoms with Gasteiger partial charge in [-0.15, -0.1) is 0 Å². The Morgan fingerprint density at radius 1 is 0.864 bits per heavy atom. The van der Waals surface area contributed by atoms with E-state index >= 15 is 0 Å². The highest BCUT2D eigenvalue weighted by Gasteiger charge is 2.10. The second kappa shape index (κ2) is 6.04. The zero-order valence-electron chi connectivity index (χ0n) is 11.6. The summed E-state index contributed by atoms with van der Waals surface area (Å²) in [5.41, 5.74) is 1.10. The first-order valence-corrected chi connectivity index (χ1v) is 6.31. The van der Waals surface area contributed by atoms with Gasteiger partial charge in [-0.3, -0.25) is 4.79 Å². The largest absolute Gasteiger partial charge is 0.504 e. The predicted octanol–water partition coefficient (Wildman–Crippen LogP) is 2.65. The highest BCUT2D eigenvalue weighted by molar-refractivity contribution is 6.00. The molecule has 7 nitrogen and oxygen atoms in total. The molecule has 0 bridgehead atoms. The Morgan fingerprint density at radius 3 is 1.86 bits per heavy atom. The van der Waals surface area contributed by atoms with Gasteiger partial charge in [0.2, 0.25) is 0 Å². The van der Waals surface area contributed by atoms with Gasteiger partial charge in [-0.2, -0.15) is 0 Å². The zero-order valence-corrected chi connectivity index (χ0v) is 11.6. The molecule has 5 N–H and O–H groups in total. The number of benzene rings is 2. The van der Waals surface area contributed by atoms with E-state index in [1.165, 1.54) is 6.92 Å². The topological polar surface area (TPSA) is 119 Å². The molecule has 7 heteroatoms. The van der Waals surface area contributed by atoms with Crippen LogP contribution in [0.1, 0.15) is 17.3 Å². The fourth-order valence-corrected chi connectivity index (χ4v) is 1.76. The Labute approximate surface area is 125 Å². The molecule has 0 fully saturated rings. The molecular formula is C15H14N2O5. The van der Waals surface area contributed by atoms with Crippen LogP contribution in [0.2, 0.25) is 0 Å². The van der Waals surface area contributed by atoms with Crippen LogP contribution in [-0.2, 0) is 0 Å². The Kier molecular flexibility index (Phi) is 4.17. The van der Waals surface area contributed by atoms with Crippen molar-refractivity contribution >= 4 is 23.2 Å². The molecule has 0 spiro atoms. The molecular weight excluding hydrogens is 288 g/mol. The number of hydrogen-bond acceptors (Lipinski definition) is 5. The second-order valence-corrected chi connectivity index (χ2v) is 4.58. The summed E-state index contributed by atoms with van der Waals surface area (Å²) in [5, 5.41) is 32.8. The van der Waals surface area contributed by atoms with Crippen molar-refractivity contribution in [3.05, 3.63) is 42.0 Å². The predicted molar refractivity (Wildman–Crippen MR) is 80.5 cm³/mol. The van der Waals surface area contributed by atoms with Crippen molar-refractivity contribution in [3.8, 4) is 17.2 Å². The van der Waals surface area contributed by atoms with E-state index in [1.807, 2.05) is 0 Å². The van der Waals surface area contributed by atoms with Crippen LogP contribution in [0.25, 0.3) is 0 Å². The number of amides is 2. The minimum Gasteiger partial charge on any atom is -0.504 e. The van der Waals surface area contributed by atoms with Crippen molar-refractivity contribution in [2.24, 2.45) is 0 Å². The van der Waals surface area contributed by atoms with Crippen LogP contribution < -0.4 is 10.6 Å². The number of urea groups is 1. The number of hydrogen-bond donors (Lipinski definition) is 5. The van der Waals surface area contributed by atoms with Crippen LogP contribution >= 0.6 is 0 Å². The van der Waals surface area contributed by atoms with Crippen molar-refractivity contribution in [2.75, 3.05) is 10.6 Å². The van der Waals surface area contributed by atoms with Gasteiger partial charge in [-0.1, -0.05) is 0 Å². The summed E-state index contributed by atoms with van der Waals surface area (Å²) < 4.78 is 0. The van der Waals surface area contributed by atoms with Gasteiger partial charge in [-0.25, -0.2) is 4.79 Å². The number of phenolic OH excluding ortho intramolecular Hbond substituents is 3. The average Bonchev–Trinajstić information content (AvgIpc) is 2.45. The molecule has 0 aromatic heterocycles. The SMILES string of the molecule is CC(=O)c1ccc(NC(=O)Nc2cc(O)c(O)c(O)c2)cc1. The summed E-state index contributed by atoms with van der Waals surface area (Å²) in [6.07, 6.45) is 0. The van der Waals surface area contributed by atoms with E-state index < -0.39 is 23.3 Å². The molecule has 0 unspecified atom stereocenters. The van der Waals surface area contributed by atoms with E-state index in [4.69, 9.17) is 0 Å². The molecule has 22 heavy (non-hydrogen) atoms. The van der Waals surface area contributed by atoms with Crippen molar-refractivity contribution in [1.29, 1.82) is 0 Å². The molecule has 0 aliphatic heterocycles. The second-order valence-electron chi connectivity index (χ2n) is 4.58. The molecule has 0 aliphatic rings. The fourth-order valence-electron chi connectivity index (χ4n) is 1.76. The Balaban J connectivity index is 2.05. The number of carbonyl (C=O) groups is 2. The molecule has 2 aromatic carbocycles. The van der Waals surface area contributed by atoms with Gasteiger partial charge in [0.1, 0.15) is 0 Å². The molecule has 2 rings (SSSR count). The van der Waals surface area contributed by atoms with E-state index in [-0.39, 0.29) is 11.5 Å². The maximum atomic E-state index is 11.8. The lowest BCUT2D eigenvalue weighted by Gasteiger charge is -2.09. The quantitative estimate of drug-likeness (QED) is 0.339. The van der Waals surface area contributed by atoms with Gasteiger partial charge in [0, 0.05) is 23.4 Å². The van der Waals surface area contributed by atoms with Gasteiger partial charge >= 0.3 is 6.03 Å². The van der Waals surface area contributed by atoms with Gasteiger partial charge in [0.05, 0.1) is 5.69 Å². The molecule has 0 radical (unpaired) electrons. The Morgan fingerprint density at radius 2 is 1.36 bits per heavy atom. The number of ketones is 1. The number of aromatic hydroxyl groups is 3. The molecule has 0 atom stereocenters. The standard InChI is InChI=1S/C15H14N2O5/c1-8(18)9-2-4-10(5-3-9)16-15(22)17-11-6-12(19)14(21)13(20)7-11/h2-7,19-21H,1H3,(H2,16,17,22). The van der Waals surface area contributed by atoms with Crippen LogP contribution in [0.15, 0.2) is 36.4 Å². The molecule has 0 heterocycles. The van der Waals surface area contributed by atoms with Crippen molar-refractivity contribution in [3.63, 3.8) is 0 Å². The highest BCUT2D eigenvalue weighted by Crippen LogP contribution is 2.37. The first kappa shape index (κ1) is 15.2. The summed E-state index contributed by atoms with van der Waals surface area (Å²) in [5.74, 6) is -1.85. The maximum Gasteiger partial charge on any atom is 0.323 e. The summed E-state index contributed by atoms with van der Waals surface area (Å²) in [7, 11) is 0. The number of anilines is 2. The van der Waals surface area contributed by atoms with E-state index in [1.54, 1.807) is 24.3 Å². The van der Waals surface area contributed by atoms with Gasteiger partial charge < -0.3 is 26.0 Å². The fraction of sp³-hybridized carbons (Fsp3) is 0.0667. The first-order valence-electron chi connectivity index (χ1n) is 6.31. The summed E-state index contributed by atoms with van der Waals surface area (Å²) in [4.78, 5) is 22.9. The minimum absolute atomic E-state index is 0.0777. The molecule has 0 aliphatic carbocycles. The summed E-state index contributed by atoms with van der Waals surface area (Å²) in [6, 6.07) is 7.87. The summed E-state index contributed by atoms with van der Waals surface area (Å²) in [6.45, 7) is 1.44. The number of phenols is 3. The lowest BCUT2D eigenvalue weighted by molar-refractivity contribution is 0.101. The third-order valence-electron chi connectivity index (χ3n) is 2.88. The maximum absolute atomic E-state index is 11.8. The Bertz CT molecular complexity index is 702. The third kappa shape index (κ3) is 3.45. The van der Waals surface area contributed by atoms with Crippen molar-refractivity contribution in [2.45, 2.75) is 6.92 Å². The molecule has 2 aromatic rings. The van der Waals surface area contributed by atoms with Gasteiger partial charge in [0.15, 0.2) is 23.0 Å². The van der Waals surface area contributed by atoms with E-state index in [2.05, 4.69) is 10.6 Å². The highest BCUT2D eigenvalue weighted by atomic mass is 16.3. The number of rotatable bonds is 3. The average molecular weight is 302 g/mol. The van der Waals surface area contributed by atoms with Crippen LogP contribution in [0.5, 0.6) is 17.2 Å². The monoisotopic (exact) mass is 302 g/mol. The normalized spacial score (nSPS) is 10.0. The van der Waals surface area contributed by atoms with Crippen LogP contribution in [0.4, 0.5) is 16.2 Å². The van der Waals surface area contributed by atoms with Gasteiger partial charge in [0.25, 0.3) is 0 Å². The number of Topliss-reactive ketones (excluding diaryl/α,β-unsaturated/α-hetero) is 1. The smallest absolute Gasteiger partial charge is 0.323 e. The zero-order chi connectivity index (χ0) is 16.3. The molecule has 2 amide bonds. The van der Waals surface area contributed by atoms with Gasteiger partial charge in [-0.05, 0) is 31.2 Å². The molecule has 114 valence electrons. The Hall–Kier alpha value is -3.22. The van der Waals surface area contributed by atoms with E-state index in [9.17, 15) is 24.9 Å².